The minimum absolute atomic E-state index is 0. The second-order valence-electron chi connectivity index (χ2n) is 6.90. The van der Waals surface area contributed by atoms with E-state index in [2.05, 4.69) is 17.2 Å². The second-order valence-corrected chi connectivity index (χ2v) is 6.90. The molecule has 5 N–H and O–H groups in total. The van der Waals surface area contributed by atoms with Gasteiger partial charge in [0.25, 0.3) is 0 Å². The third-order valence-corrected chi connectivity index (χ3v) is 4.36. The largest absolute Gasteiger partial charge is 0.464 e. The third kappa shape index (κ3) is 20.7. The molecule has 174 valence electrons. The van der Waals surface area contributed by atoms with E-state index in [1.165, 1.54) is 44.9 Å². The predicted octanol–water partition coefficient (Wildman–Crippen LogP) is 4.10. The molecule has 1 unspecified atom stereocenters. The fraction of sp³-hybridized carbons (Fsp3) is 0.818. The van der Waals surface area contributed by atoms with Crippen LogP contribution in [0.25, 0.3) is 0 Å². The van der Waals surface area contributed by atoms with Crippen LogP contribution in [-0.2, 0) is 14.3 Å². The van der Waals surface area contributed by atoms with Gasteiger partial charge in [0.15, 0.2) is 5.96 Å². The lowest BCUT2D eigenvalue weighted by molar-refractivity contribution is -0.147. The summed E-state index contributed by atoms with van der Waals surface area (Å²) in [5.74, 6) is -0.474. The van der Waals surface area contributed by atoms with Crippen LogP contribution in [0.2, 0.25) is 0 Å². The number of carbonyl (C=O) groups excluding carboxylic acids is 2. The smallest absolute Gasteiger partial charge is 0.328 e. The van der Waals surface area contributed by atoms with Crippen molar-refractivity contribution in [3.8, 4) is 0 Å². The maximum Gasteiger partial charge on any atom is 0.328 e. The molecule has 0 aromatic carbocycles. The average molecular weight is 416 g/mol. The highest BCUT2D eigenvalue weighted by Crippen LogP contribution is 2.11. The van der Waals surface area contributed by atoms with Crippen molar-refractivity contribution < 1.29 is 14.3 Å². The van der Waals surface area contributed by atoms with Crippen LogP contribution in [0.3, 0.4) is 0 Å². The fourth-order valence-electron chi connectivity index (χ4n) is 2.86. The number of guanidine groups is 1. The maximum absolute atomic E-state index is 12.1. The Bertz CT molecular complexity index is 424. The molecule has 0 aliphatic rings. The quantitative estimate of drug-likeness (QED) is 0.109. The van der Waals surface area contributed by atoms with Crippen molar-refractivity contribution in [2.24, 2.45) is 16.5 Å². The molecule has 7 nitrogen and oxygen atoms in total. The highest BCUT2D eigenvalue weighted by atomic mass is 16.5. The van der Waals surface area contributed by atoms with E-state index in [1.54, 1.807) is 6.92 Å². The third-order valence-electron chi connectivity index (χ3n) is 4.36. The zero-order valence-electron chi connectivity index (χ0n) is 18.3. The van der Waals surface area contributed by atoms with Gasteiger partial charge in [-0.15, -0.1) is 0 Å². The summed E-state index contributed by atoms with van der Waals surface area (Å²) in [6.07, 6.45) is 12.3. The normalized spacial score (nSPS) is 10.8. The average Bonchev–Trinajstić information content (AvgIpc) is 2.62. The van der Waals surface area contributed by atoms with Gasteiger partial charge in [-0.2, -0.15) is 0 Å². The summed E-state index contributed by atoms with van der Waals surface area (Å²) in [6, 6.07) is -0.634. The fourth-order valence-corrected chi connectivity index (χ4v) is 2.86. The molecular weight excluding hydrogens is 368 g/mol. The number of unbranched alkanes of at least 4 members (excludes halogenated alkanes) is 8. The summed E-state index contributed by atoms with van der Waals surface area (Å²) in [4.78, 5) is 28.0. The molecule has 7 heteroatoms. The first-order valence-corrected chi connectivity index (χ1v) is 10.5. The molecular formula is C22H47N4O3-. The highest BCUT2D eigenvalue weighted by molar-refractivity contribution is 5.84. The number of carbonyl (C=O) groups is 2. The van der Waals surface area contributed by atoms with Gasteiger partial charge in [-0.1, -0.05) is 65.7 Å². The first-order chi connectivity index (χ1) is 13.0. The van der Waals surface area contributed by atoms with E-state index in [4.69, 9.17) is 16.2 Å². The molecule has 0 saturated heterocycles. The summed E-state index contributed by atoms with van der Waals surface area (Å²) >= 11 is 0. The summed E-state index contributed by atoms with van der Waals surface area (Å²) in [5, 5.41) is 2.79. The van der Waals surface area contributed by atoms with Crippen LogP contribution in [0.4, 0.5) is 0 Å². The number of rotatable bonds is 17. The topological polar surface area (TPSA) is 120 Å². The molecule has 0 aromatic rings. The first-order valence-electron chi connectivity index (χ1n) is 10.5. The molecule has 0 fully saturated rings. The minimum atomic E-state index is -0.634. The van der Waals surface area contributed by atoms with Crippen LogP contribution in [-0.4, -0.2) is 37.0 Å². The van der Waals surface area contributed by atoms with E-state index in [0.717, 1.165) is 12.8 Å². The van der Waals surface area contributed by atoms with Crippen LogP contribution >= 0.6 is 0 Å². The van der Waals surface area contributed by atoms with Crippen molar-refractivity contribution in [2.45, 2.75) is 104 Å². The van der Waals surface area contributed by atoms with Gasteiger partial charge < -0.3 is 28.9 Å². The van der Waals surface area contributed by atoms with Gasteiger partial charge in [-0.3, -0.25) is 9.79 Å². The van der Waals surface area contributed by atoms with Gasteiger partial charge in [-0.25, -0.2) is 4.79 Å². The molecule has 0 aliphatic heterocycles. The number of amides is 1. The molecule has 0 aromatic heterocycles. The first kappa shape index (κ1) is 31.9. The van der Waals surface area contributed by atoms with E-state index >= 15 is 0 Å². The molecule has 0 radical (unpaired) electrons. The Kier molecular flexibility index (Phi) is 24.7. The Morgan fingerprint density at radius 2 is 1.48 bits per heavy atom. The SMILES string of the molecule is C.CCCCCCCCCCCC(=O)NC(CCCN=C(N)N)C(=O)OCC.[CH3-]. The van der Waals surface area contributed by atoms with Crippen LogP contribution in [0.1, 0.15) is 98.3 Å². The molecule has 1 amide bonds. The number of aliphatic imine (C=N–C) groups is 1. The lowest BCUT2D eigenvalue weighted by atomic mass is 10.1. The molecule has 0 saturated carbocycles. The minimum Gasteiger partial charge on any atom is -0.464 e. The summed E-state index contributed by atoms with van der Waals surface area (Å²) in [6.45, 7) is 4.68. The van der Waals surface area contributed by atoms with Gasteiger partial charge in [0.05, 0.1) is 6.61 Å². The number of hydrogen-bond acceptors (Lipinski definition) is 4. The Hall–Kier alpha value is -1.79. The van der Waals surface area contributed by atoms with Crippen molar-refractivity contribution >= 4 is 17.8 Å². The molecule has 0 spiro atoms. The Morgan fingerprint density at radius 3 is 2.00 bits per heavy atom. The lowest BCUT2D eigenvalue weighted by Crippen LogP contribution is -2.42. The monoisotopic (exact) mass is 415 g/mol. The van der Waals surface area contributed by atoms with Crippen molar-refractivity contribution in [2.75, 3.05) is 13.2 Å². The lowest BCUT2D eigenvalue weighted by Gasteiger charge is -2.17. The molecule has 1 atom stereocenters. The number of nitrogens with one attached hydrogen (secondary N) is 1. The number of esters is 1. The summed E-state index contributed by atoms with van der Waals surface area (Å²) in [7, 11) is 0. The Morgan fingerprint density at radius 1 is 0.931 bits per heavy atom. The zero-order valence-corrected chi connectivity index (χ0v) is 18.3. The molecule has 29 heavy (non-hydrogen) atoms. The number of ether oxygens (including phenoxy) is 1. The summed E-state index contributed by atoms with van der Waals surface area (Å²) < 4.78 is 5.04. The Balaban J connectivity index is -0.00000338. The van der Waals surface area contributed by atoms with Gasteiger partial charge in [-0.05, 0) is 26.2 Å². The molecule has 0 aliphatic carbocycles. The maximum atomic E-state index is 12.1. The van der Waals surface area contributed by atoms with E-state index in [0.29, 0.717) is 25.8 Å². The number of nitrogens with zero attached hydrogens (tertiary/aromatic N) is 1. The van der Waals surface area contributed by atoms with Crippen LogP contribution in [0, 0.1) is 7.43 Å². The Labute approximate surface area is 179 Å². The highest BCUT2D eigenvalue weighted by Gasteiger charge is 2.21. The van der Waals surface area contributed by atoms with Crippen LogP contribution in [0.5, 0.6) is 0 Å². The van der Waals surface area contributed by atoms with Crippen molar-refractivity contribution in [3.63, 3.8) is 0 Å². The standard InChI is InChI=1S/C20H40N4O3.CH4.CH3/c1-3-5-6-7-8-9-10-11-12-15-18(25)24-17(19(26)27-4-2)14-13-16-23-20(21)22;;/h17H,3-16H2,1-2H3,(H,24,25)(H4,21,22,23);1H4;1H3/q;;-1. The van der Waals surface area contributed by atoms with Gasteiger partial charge in [0, 0.05) is 13.0 Å². The molecule has 0 bridgehead atoms. The van der Waals surface area contributed by atoms with Crippen LogP contribution < -0.4 is 16.8 Å². The van der Waals surface area contributed by atoms with E-state index in [1.807, 2.05) is 0 Å². The van der Waals surface area contributed by atoms with E-state index < -0.39 is 12.0 Å². The predicted molar refractivity (Wildman–Crippen MR) is 123 cm³/mol. The number of hydrogen-bond donors (Lipinski definition) is 3. The van der Waals surface area contributed by atoms with E-state index in [9.17, 15) is 9.59 Å². The second kappa shape index (κ2) is 22.5. The molecule has 0 rings (SSSR count). The van der Waals surface area contributed by atoms with Gasteiger partial charge in [0.1, 0.15) is 6.04 Å². The van der Waals surface area contributed by atoms with Crippen molar-refractivity contribution in [1.29, 1.82) is 0 Å². The van der Waals surface area contributed by atoms with Gasteiger partial charge >= 0.3 is 5.97 Å². The molecule has 0 heterocycles. The van der Waals surface area contributed by atoms with Crippen molar-refractivity contribution in [3.05, 3.63) is 7.43 Å². The van der Waals surface area contributed by atoms with Crippen molar-refractivity contribution in [1.82, 2.24) is 5.32 Å². The van der Waals surface area contributed by atoms with Crippen LogP contribution in [0.15, 0.2) is 4.99 Å². The van der Waals surface area contributed by atoms with Gasteiger partial charge in [0.2, 0.25) is 5.91 Å². The summed E-state index contributed by atoms with van der Waals surface area (Å²) in [5.41, 5.74) is 10.6. The van der Waals surface area contributed by atoms with E-state index in [-0.39, 0.29) is 33.3 Å². The zero-order chi connectivity index (χ0) is 20.3. The number of nitrogens with two attached hydrogens (primary N) is 2.